The molecule has 0 fully saturated rings. The Morgan fingerprint density at radius 2 is 2.00 bits per heavy atom. The zero-order valence-electron chi connectivity index (χ0n) is 13.5. The van der Waals surface area contributed by atoms with Crippen LogP contribution in [0.5, 0.6) is 0 Å². The Balaban J connectivity index is 1.82. The first-order chi connectivity index (χ1) is 11.4. The van der Waals surface area contributed by atoms with E-state index < -0.39 is 5.97 Å². The van der Waals surface area contributed by atoms with Crippen LogP contribution in [-0.4, -0.2) is 22.0 Å². The van der Waals surface area contributed by atoms with E-state index in [4.69, 9.17) is 16.7 Å². The van der Waals surface area contributed by atoms with Gasteiger partial charge in [-0.3, -0.25) is 4.79 Å². The first kappa shape index (κ1) is 18.4. The Kier molecular flexibility index (Phi) is 6.34. The predicted octanol–water partition coefficient (Wildman–Crippen LogP) is 4.00. The van der Waals surface area contributed by atoms with Crippen LogP contribution in [0.15, 0.2) is 24.3 Å². The van der Waals surface area contributed by atoms with Crippen molar-refractivity contribution in [1.82, 2.24) is 10.3 Å². The summed E-state index contributed by atoms with van der Waals surface area (Å²) < 4.78 is 0. The summed E-state index contributed by atoms with van der Waals surface area (Å²) in [7, 11) is 0. The molecular formula is C17H19ClN2O3S. The molecule has 0 aliphatic rings. The van der Waals surface area contributed by atoms with Crippen molar-refractivity contribution in [3.63, 3.8) is 0 Å². The predicted molar refractivity (Wildman–Crippen MR) is 94.8 cm³/mol. The second kappa shape index (κ2) is 8.26. The molecule has 2 aromatic rings. The fraction of sp³-hybridized carbons (Fsp3) is 0.353. The smallest absolute Gasteiger partial charge is 0.347 e. The van der Waals surface area contributed by atoms with Gasteiger partial charge in [0.15, 0.2) is 0 Å². The van der Waals surface area contributed by atoms with Crippen molar-refractivity contribution in [3.8, 4) is 0 Å². The molecule has 0 spiro atoms. The van der Waals surface area contributed by atoms with Crippen molar-refractivity contribution in [3.05, 3.63) is 50.4 Å². The van der Waals surface area contributed by atoms with Crippen molar-refractivity contribution < 1.29 is 14.7 Å². The number of aryl methyl sites for hydroxylation is 2. The number of nitrogens with one attached hydrogen (secondary N) is 1. The molecule has 5 nitrogen and oxygen atoms in total. The molecule has 1 atom stereocenters. The Hall–Kier alpha value is -1.92. The Labute approximate surface area is 149 Å². The number of aromatic carboxylic acids is 1. The number of carbonyl (C=O) groups is 2. The van der Waals surface area contributed by atoms with Crippen molar-refractivity contribution in [2.24, 2.45) is 0 Å². The minimum absolute atomic E-state index is 0.0683. The number of benzene rings is 1. The summed E-state index contributed by atoms with van der Waals surface area (Å²) in [5.74, 6) is -1.06. The average molecular weight is 367 g/mol. The maximum atomic E-state index is 12.0. The number of halogens is 1. The number of rotatable bonds is 7. The van der Waals surface area contributed by atoms with Gasteiger partial charge in [-0.2, -0.15) is 0 Å². The van der Waals surface area contributed by atoms with Gasteiger partial charge in [-0.1, -0.05) is 23.7 Å². The van der Waals surface area contributed by atoms with Gasteiger partial charge < -0.3 is 10.4 Å². The van der Waals surface area contributed by atoms with E-state index in [9.17, 15) is 9.59 Å². The van der Waals surface area contributed by atoms with Gasteiger partial charge in [0.1, 0.15) is 9.88 Å². The number of carboxylic acids is 1. The third-order valence-corrected chi connectivity index (χ3v) is 5.12. The molecule has 1 unspecified atom stereocenters. The van der Waals surface area contributed by atoms with E-state index in [2.05, 4.69) is 10.3 Å². The fourth-order valence-corrected chi connectivity index (χ4v) is 3.31. The van der Waals surface area contributed by atoms with Gasteiger partial charge in [-0.15, -0.1) is 11.3 Å². The van der Waals surface area contributed by atoms with Crippen LogP contribution in [-0.2, 0) is 11.2 Å². The van der Waals surface area contributed by atoms with E-state index in [1.165, 1.54) is 0 Å². The number of amides is 1. The van der Waals surface area contributed by atoms with Gasteiger partial charge in [0.25, 0.3) is 0 Å². The van der Waals surface area contributed by atoms with E-state index in [-0.39, 0.29) is 16.8 Å². The van der Waals surface area contributed by atoms with Crippen molar-refractivity contribution >= 4 is 34.8 Å². The largest absolute Gasteiger partial charge is 0.477 e. The van der Waals surface area contributed by atoms with Gasteiger partial charge in [-0.05, 0) is 44.4 Å². The lowest BCUT2D eigenvalue weighted by molar-refractivity contribution is -0.121. The number of hydrogen-bond donors (Lipinski definition) is 2. The van der Waals surface area contributed by atoms with Crippen molar-refractivity contribution in [2.45, 2.75) is 39.2 Å². The third-order valence-electron chi connectivity index (χ3n) is 3.54. The molecule has 1 aromatic carbocycles. The minimum Gasteiger partial charge on any atom is -0.477 e. The topological polar surface area (TPSA) is 79.3 Å². The van der Waals surface area contributed by atoms with E-state index in [1.807, 2.05) is 24.3 Å². The summed E-state index contributed by atoms with van der Waals surface area (Å²) in [4.78, 5) is 27.5. The molecule has 7 heteroatoms. The number of nitrogens with zero attached hydrogens (tertiary/aromatic N) is 1. The summed E-state index contributed by atoms with van der Waals surface area (Å²) in [6.07, 6.45) is 1.94. The summed E-state index contributed by atoms with van der Waals surface area (Å²) in [5, 5.41) is 13.2. The molecule has 1 amide bonds. The summed E-state index contributed by atoms with van der Waals surface area (Å²) in [6.45, 7) is 3.46. The molecular weight excluding hydrogens is 348 g/mol. The molecule has 0 radical (unpaired) electrons. The lowest BCUT2D eigenvalue weighted by atomic mass is 10.1. The quantitative estimate of drug-likeness (QED) is 0.776. The normalized spacial score (nSPS) is 12.0. The van der Waals surface area contributed by atoms with Crippen LogP contribution in [0, 0.1) is 6.92 Å². The minimum atomic E-state index is -0.988. The molecule has 0 aliphatic heterocycles. The maximum Gasteiger partial charge on any atom is 0.347 e. The van der Waals surface area contributed by atoms with Crippen LogP contribution < -0.4 is 5.32 Å². The summed E-state index contributed by atoms with van der Waals surface area (Å²) in [5.41, 5.74) is 1.62. The highest BCUT2D eigenvalue weighted by Gasteiger charge is 2.18. The molecule has 2 N–H and O–H groups in total. The van der Waals surface area contributed by atoms with Crippen LogP contribution in [0.25, 0.3) is 0 Å². The van der Waals surface area contributed by atoms with E-state index in [1.54, 1.807) is 13.8 Å². The molecule has 0 saturated heterocycles. The molecule has 128 valence electrons. The number of thiazole rings is 1. The number of carbonyl (C=O) groups excluding carboxylic acids is 1. The van der Waals surface area contributed by atoms with E-state index in [0.29, 0.717) is 22.1 Å². The number of aromatic nitrogens is 1. The summed E-state index contributed by atoms with van der Waals surface area (Å²) >= 11 is 6.94. The zero-order valence-corrected chi connectivity index (χ0v) is 15.1. The highest BCUT2D eigenvalue weighted by Crippen LogP contribution is 2.23. The second-order valence-electron chi connectivity index (χ2n) is 5.54. The van der Waals surface area contributed by atoms with E-state index in [0.717, 1.165) is 29.7 Å². The van der Waals surface area contributed by atoms with Crippen LogP contribution >= 0.6 is 22.9 Å². The van der Waals surface area contributed by atoms with Crippen molar-refractivity contribution in [2.75, 3.05) is 0 Å². The standard InChI is InChI=1S/C17H19ClN2O3S/c1-10-15(17(22)23)24-16(20-10)11(2)19-14(21)5-3-4-12-6-8-13(18)9-7-12/h6-9,11H,3-5H2,1-2H3,(H,19,21)(H,22,23). The first-order valence-corrected chi connectivity index (χ1v) is 8.80. The second-order valence-corrected chi connectivity index (χ2v) is 7.01. The monoisotopic (exact) mass is 366 g/mol. The van der Waals surface area contributed by atoms with Gasteiger partial charge in [-0.25, -0.2) is 9.78 Å². The third kappa shape index (κ3) is 5.04. The Bertz CT molecular complexity index is 728. The van der Waals surface area contributed by atoms with E-state index >= 15 is 0 Å². The Morgan fingerprint density at radius 3 is 2.58 bits per heavy atom. The molecule has 0 saturated carbocycles. The average Bonchev–Trinajstić information content (AvgIpc) is 2.91. The maximum absolute atomic E-state index is 12.0. The van der Waals surface area contributed by atoms with Crippen LogP contribution in [0.2, 0.25) is 5.02 Å². The molecule has 0 bridgehead atoms. The lowest BCUT2D eigenvalue weighted by Crippen LogP contribution is -2.26. The molecule has 1 aromatic heterocycles. The van der Waals surface area contributed by atoms with Crippen LogP contribution in [0.3, 0.4) is 0 Å². The highest BCUT2D eigenvalue weighted by molar-refractivity contribution is 7.13. The molecule has 0 aliphatic carbocycles. The molecule has 24 heavy (non-hydrogen) atoms. The van der Waals surface area contributed by atoms with Crippen LogP contribution in [0.1, 0.15) is 51.7 Å². The van der Waals surface area contributed by atoms with Gasteiger partial charge >= 0.3 is 5.97 Å². The zero-order chi connectivity index (χ0) is 17.7. The van der Waals surface area contributed by atoms with Gasteiger partial charge in [0.2, 0.25) is 5.91 Å². The Morgan fingerprint density at radius 1 is 1.33 bits per heavy atom. The highest BCUT2D eigenvalue weighted by atomic mass is 35.5. The summed E-state index contributed by atoms with van der Waals surface area (Å²) in [6, 6.07) is 7.28. The fourth-order valence-electron chi connectivity index (χ4n) is 2.28. The van der Waals surface area contributed by atoms with Crippen LogP contribution in [0.4, 0.5) is 0 Å². The number of carboxylic acid groups (broad SMARTS) is 1. The van der Waals surface area contributed by atoms with Gasteiger partial charge in [0, 0.05) is 11.4 Å². The van der Waals surface area contributed by atoms with Gasteiger partial charge in [0.05, 0.1) is 11.7 Å². The molecule has 1 heterocycles. The lowest BCUT2D eigenvalue weighted by Gasteiger charge is -2.11. The van der Waals surface area contributed by atoms with Crippen molar-refractivity contribution in [1.29, 1.82) is 0 Å². The first-order valence-electron chi connectivity index (χ1n) is 7.61. The molecule has 2 rings (SSSR count). The SMILES string of the molecule is Cc1nc(C(C)NC(=O)CCCc2ccc(Cl)cc2)sc1C(=O)O. The number of hydrogen-bond acceptors (Lipinski definition) is 4.